The predicted molar refractivity (Wildman–Crippen MR) is 116 cm³/mol. The number of rotatable bonds is 6. The van der Waals surface area contributed by atoms with E-state index in [1.165, 1.54) is 23.5 Å². The Kier molecular flexibility index (Phi) is 5.60. The number of benzene rings is 2. The number of aromatic nitrogens is 2. The average molecular weight is 443 g/mol. The molecule has 4 rings (SSSR count). The van der Waals surface area contributed by atoms with Crippen molar-refractivity contribution in [1.82, 2.24) is 9.78 Å². The van der Waals surface area contributed by atoms with E-state index in [-0.39, 0.29) is 11.7 Å². The molecule has 0 atom stereocenters. The molecular formula is C22H19F2N3O3S. The molecule has 1 amide bonds. The Balaban J connectivity index is 1.65. The first-order valence-electron chi connectivity index (χ1n) is 9.33. The van der Waals surface area contributed by atoms with Crippen LogP contribution in [0.2, 0.25) is 0 Å². The second-order valence-electron chi connectivity index (χ2n) is 6.81. The summed E-state index contributed by atoms with van der Waals surface area (Å²) in [4.78, 5) is 14.2. The first-order chi connectivity index (χ1) is 14.9. The number of anilines is 1. The van der Waals surface area contributed by atoms with E-state index in [2.05, 4.69) is 15.2 Å². The van der Waals surface area contributed by atoms with Crippen LogP contribution in [0.1, 0.15) is 15.4 Å². The number of hydrogen-bond donors (Lipinski definition) is 1. The van der Waals surface area contributed by atoms with Crippen LogP contribution in [0.15, 0.2) is 48.5 Å². The molecule has 0 spiro atoms. The molecule has 2 heterocycles. The lowest BCUT2D eigenvalue weighted by atomic mass is 10.0. The van der Waals surface area contributed by atoms with Crippen LogP contribution in [0.3, 0.4) is 0 Å². The number of amides is 1. The first-order valence-corrected chi connectivity index (χ1v) is 10.1. The molecule has 6 nitrogen and oxygen atoms in total. The predicted octanol–water partition coefficient (Wildman–Crippen LogP) is 5.47. The van der Waals surface area contributed by atoms with Crippen LogP contribution < -0.4 is 14.8 Å². The summed E-state index contributed by atoms with van der Waals surface area (Å²) in [5, 5.41) is 8.10. The van der Waals surface area contributed by atoms with Crippen molar-refractivity contribution < 1.29 is 23.0 Å². The molecule has 9 heteroatoms. The Morgan fingerprint density at radius 3 is 2.55 bits per heavy atom. The number of methoxy groups -OCH3 is 1. The number of nitrogens with zero attached hydrogens (tertiary/aromatic N) is 2. The summed E-state index contributed by atoms with van der Waals surface area (Å²) in [5.41, 5.74) is 2.39. The van der Waals surface area contributed by atoms with Gasteiger partial charge in [-0.05, 0) is 48.9 Å². The average Bonchev–Trinajstić information content (AvgIpc) is 3.30. The molecule has 0 aliphatic rings. The molecule has 2 aromatic carbocycles. The van der Waals surface area contributed by atoms with Crippen LogP contribution >= 0.6 is 11.3 Å². The number of carbonyl (C=O) groups is 1. The summed E-state index contributed by atoms with van der Waals surface area (Å²) < 4.78 is 37.3. The number of hydrogen-bond acceptors (Lipinski definition) is 5. The highest BCUT2D eigenvalue weighted by Gasteiger charge is 2.17. The minimum Gasteiger partial charge on any atom is -0.497 e. The van der Waals surface area contributed by atoms with E-state index >= 15 is 0 Å². The molecule has 4 aromatic rings. The van der Waals surface area contributed by atoms with Gasteiger partial charge in [-0.2, -0.15) is 13.9 Å². The van der Waals surface area contributed by atoms with Gasteiger partial charge < -0.3 is 14.8 Å². The van der Waals surface area contributed by atoms with Gasteiger partial charge >= 0.3 is 6.61 Å². The Morgan fingerprint density at radius 1 is 1.16 bits per heavy atom. The normalized spacial score (nSPS) is 11.2. The fraction of sp³-hybridized carbons (Fsp3) is 0.182. The van der Waals surface area contributed by atoms with E-state index in [0.717, 1.165) is 15.9 Å². The summed E-state index contributed by atoms with van der Waals surface area (Å²) in [6.45, 7) is -1.08. The quantitative estimate of drug-likeness (QED) is 0.429. The van der Waals surface area contributed by atoms with Crippen molar-refractivity contribution in [3.63, 3.8) is 0 Å². The van der Waals surface area contributed by atoms with Crippen molar-refractivity contribution in [1.29, 1.82) is 0 Å². The van der Waals surface area contributed by atoms with E-state index in [1.807, 2.05) is 14.0 Å². The summed E-state index contributed by atoms with van der Waals surface area (Å²) in [5.74, 6) is 0.365. The second-order valence-corrected chi connectivity index (χ2v) is 7.84. The molecule has 1 N–H and O–H groups in total. The summed E-state index contributed by atoms with van der Waals surface area (Å²) >= 11 is 1.34. The van der Waals surface area contributed by atoms with Crippen LogP contribution in [-0.4, -0.2) is 29.4 Å². The van der Waals surface area contributed by atoms with Crippen LogP contribution in [-0.2, 0) is 7.05 Å². The highest BCUT2D eigenvalue weighted by atomic mass is 32.1. The highest BCUT2D eigenvalue weighted by Crippen LogP contribution is 2.35. The van der Waals surface area contributed by atoms with Gasteiger partial charge in [0.05, 0.1) is 17.7 Å². The maximum absolute atomic E-state index is 12.9. The topological polar surface area (TPSA) is 65.4 Å². The van der Waals surface area contributed by atoms with Crippen molar-refractivity contribution in [2.45, 2.75) is 13.5 Å². The number of ether oxygens (including phenoxy) is 2. The maximum atomic E-state index is 12.9. The Labute approximate surface area is 181 Å². The number of halogens is 2. The lowest BCUT2D eigenvalue weighted by Crippen LogP contribution is -2.10. The SMILES string of the molecule is COc1ccc(-c2cc(NC(=O)c3cc4c(C)nn(C)c4s3)ccc2OC(F)F)cc1. The zero-order valence-electron chi connectivity index (χ0n) is 17.0. The number of alkyl halides is 2. The van der Waals surface area contributed by atoms with Gasteiger partial charge in [-0.3, -0.25) is 9.48 Å². The molecule has 0 saturated carbocycles. The lowest BCUT2D eigenvalue weighted by molar-refractivity contribution is -0.0494. The van der Waals surface area contributed by atoms with Crippen LogP contribution in [0.4, 0.5) is 14.5 Å². The van der Waals surface area contributed by atoms with Gasteiger partial charge in [0.1, 0.15) is 16.3 Å². The van der Waals surface area contributed by atoms with E-state index in [4.69, 9.17) is 4.74 Å². The van der Waals surface area contributed by atoms with E-state index in [9.17, 15) is 13.6 Å². The summed E-state index contributed by atoms with van der Waals surface area (Å²) in [6.07, 6.45) is 0. The molecule has 0 unspecified atom stereocenters. The van der Waals surface area contributed by atoms with E-state index < -0.39 is 6.61 Å². The van der Waals surface area contributed by atoms with Crippen LogP contribution in [0.5, 0.6) is 11.5 Å². The number of nitrogens with one attached hydrogen (secondary N) is 1. The van der Waals surface area contributed by atoms with Crippen molar-refractivity contribution in [3.05, 3.63) is 59.1 Å². The van der Waals surface area contributed by atoms with Crippen molar-refractivity contribution in [2.24, 2.45) is 7.05 Å². The van der Waals surface area contributed by atoms with Crippen LogP contribution in [0.25, 0.3) is 21.3 Å². The van der Waals surface area contributed by atoms with Gasteiger partial charge in [-0.15, -0.1) is 11.3 Å². The number of carbonyl (C=O) groups excluding carboxylic acids is 1. The molecular weight excluding hydrogens is 424 g/mol. The third-order valence-electron chi connectivity index (χ3n) is 4.77. The fourth-order valence-electron chi connectivity index (χ4n) is 3.31. The molecule has 0 radical (unpaired) electrons. The standard InChI is InChI=1S/C22H19F2N3O3S/c1-12-16-11-19(31-21(16)27(2)26-12)20(28)25-14-6-9-18(30-22(23)24)17(10-14)13-4-7-15(29-3)8-5-13/h4-11,22H,1-3H3,(H,25,28). The minimum atomic E-state index is -2.96. The highest BCUT2D eigenvalue weighted by molar-refractivity contribution is 7.20. The lowest BCUT2D eigenvalue weighted by Gasteiger charge is -2.14. The maximum Gasteiger partial charge on any atom is 0.387 e. The van der Waals surface area contributed by atoms with Crippen molar-refractivity contribution in [3.8, 4) is 22.6 Å². The zero-order valence-corrected chi connectivity index (χ0v) is 17.8. The molecule has 0 fully saturated rings. The monoisotopic (exact) mass is 443 g/mol. The molecule has 0 aliphatic heterocycles. The third kappa shape index (κ3) is 4.22. The van der Waals surface area contributed by atoms with Crippen molar-refractivity contribution >= 4 is 33.1 Å². The molecule has 31 heavy (non-hydrogen) atoms. The molecule has 0 bridgehead atoms. The van der Waals surface area contributed by atoms with Gasteiger partial charge in [0.15, 0.2) is 0 Å². The number of fused-ring (bicyclic) bond motifs is 1. The Morgan fingerprint density at radius 2 is 1.90 bits per heavy atom. The second kappa shape index (κ2) is 8.35. The van der Waals surface area contributed by atoms with Crippen molar-refractivity contribution in [2.75, 3.05) is 12.4 Å². The van der Waals surface area contributed by atoms with Gasteiger partial charge in [0, 0.05) is 23.7 Å². The summed E-state index contributed by atoms with van der Waals surface area (Å²) in [7, 11) is 3.37. The third-order valence-corrected chi connectivity index (χ3v) is 5.98. The summed E-state index contributed by atoms with van der Waals surface area (Å²) in [6, 6.07) is 13.3. The largest absolute Gasteiger partial charge is 0.497 e. The molecule has 160 valence electrons. The molecule has 0 aliphatic carbocycles. The van der Waals surface area contributed by atoms with Gasteiger partial charge in [0.2, 0.25) is 0 Å². The van der Waals surface area contributed by atoms with Gasteiger partial charge in [-0.25, -0.2) is 0 Å². The molecule has 0 saturated heterocycles. The number of aryl methyl sites for hydroxylation is 2. The number of thiophene rings is 1. The minimum absolute atomic E-state index is 0.0155. The van der Waals surface area contributed by atoms with Crippen LogP contribution in [0, 0.1) is 6.92 Å². The van der Waals surface area contributed by atoms with E-state index in [1.54, 1.807) is 48.2 Å². The molecule has 2 aromatic heterocycles. The van der Waals surface area contributed by atoms with Gasteiger partial charge in [-0.1, -0.05) is 12.1 Å². The fourth-order valence-corrected chi connectivity index (χ4v) is 4.33. The van der Waals surface area contributed by atoms with E-state index in [0.29, 0.717) is 27.4 Å². The van der Waals surface area contributed by atoms with Gasteiger partial charge in [0.25, 0.3) is 5.91 Å². The smallest absolute Gasteiger partial charge is 0.387 e. The first kappa shape index (κ1) is 20.8. The Bertz CT molecular complexity index is 1210. The Hall–Kier alpha value is -3.46. The zero-order chi connectivity index (χ0) is 22.1.